The molecule has 0 bridgehead atoms. The Morgan fingerprint density at radius 3 is 2.48 bits per heavy atom. The average molecular weight is 367 g/mol. The minimum atomic E-state index is -3.46. The van der Waals surface area contributed by atoms with Crippen LogP contribution in [0.15, 0.2) is 21.7 Å². The van der Waals surface area contributed by atoms with Crippen LogP contribution in [0.2, 0.25) is 0 Å². The van der Waals surface area contributed by atoms with Crippen LogP contribution in [0, 0.1) is 0 Å². The number of hydrogen-bond donors (Lipinski definition) is 0. The second-order valence-electron chi connectivity index (χ2n) is 6.45. The number of pyridine rings is 1. The molecule has 1 saturated heterocycles. The summed E-state index contributed by atoms with van der Waals surface area (Å²) in [5.41, 5.74) is 0.178. The van der Waals surface area contributed by atoms with Crippen LogP contribution in [0.25, 0.3) is 11.0 Å². The van der Waals surface area contributed by atoms with Gasteiger partial charge in [0.05, 0.1) is 5.39 Å². The van der Waals surface area contributed by atoms with Crippen molar-refractivity contribution in [3.8, 4) is 0 Å². The van der Waals surface area contributed by atoms with Crippen LogP contribution in [0.5, 0.6) is 0 Å². The van der Waals surface area contributed by atoms with Gasteiger partial charge in [0.25, 0.3) is 15.8 Å². The highest BCUT2D eigenvalue weighted by Gasteiger charge is 2.34. The third-order valence-corrected chi connectivity index (χ3v) is 6.59. The largest absolute Gasteiger partial charge is 0.332 e. The third-order valence-electron chi connectivity index (χ3n) is 4.68. The lowest BCUT2D eigenvalue weighted by atomic mass is 10.0. The van der Waals surface area contributed by atoms with Gasteiger partial charge in [0.2, 0.25) is 0 Å². The first kappa shape index (κ1) is 17.8. The summed E-state index contributed by atoms with van der Waals surface area (Å²) in [7, 11) is 2.55. The normalized spacial score (nSPS) is 19.2. The van der Waals surface area contributed by atoms with E-state index in [2.05, 4.69) is 4.98 Å². The van der Waals surface area contributed by atoms with E-state index < -0.39 is 15.9 Å². The Hall–Kier alpha value is -2.04. The molecule has 25 heavy (non-hydrogen) atoms. The average Bonchev–Trinajstić information content (AvgIpc) is 3.08. The summed E-state index contributed by atoms with van der Waals surface area (Å²) >= 11 is 0. The van der Waals surface area contributed by atoms with Crippen molar-refractivity contribution in [3.63, 3.8) is 0 Å². The van der Waals surface area contributed by atoms with Crippen molar-refractivity contribution in [3.05, 3.63) is 38.7 Å². The number of fused-ring (bicyclic) bond motifs is 1. The zero-order valence-electron chi connectivity index (χ0n) is 14.6. The molecule has 1 fully saturated rings. The predicted molar refractivity (Wildman–Crippen MR) is 93.8 cm³/mol. The summed E-state index contributed by atoms with van der Waals surface area (Å²) in [6, 6.07) is 3.40. The van der Waals surface area contributed by atoms with Gasteiger partial charge in [-0.1, -0.05) is 0 Å². The number of aromatic nitrogens is 3. The lowest BCUT2D eigenvalue weighted by molar-refractivity contribution is 0.418. The zero-order valence-corrected chi connectivity index (χ0v) is 15.4. The highest BCUT2D eigenvalue weighted by molar-refractivity contribution is 7.86. The Kier molecular flexibility index (Phi) is 4.30. The summed E-state index contributed by atoms with van der Waals surface area (Å²) in [4.78, 5) is 28.8. The van der Waals surface area contributed by atoms with Gasteiger partial charge in [-0.05, 0) is 18.6 Å². The molecule has 3 heterocycles. The van der Waals surface area contributed by atoms with Crippen molar-refractivity contribution in [2.45, 2.75) is 12.3 Å². The fourth-order valence-electron chi connectivity index (χ4n) is 3.11. The van der Waals surface area contributed by atoms with Crippen molar-refractivity contribution < 1.29 is 8.42 Å². The molecule has 0 aliphatic carbocycles. The second kappa shape index (κ2) is 6.04. The van der Waals surface area contributed by atoms with Gasteiger partial charge in [0.15, 0.2) is 0 Å². The molecule has 2 aromatic rings. The lowest BCUT2D eigenvalue weighted by Crippen LogP contribution is -2.38. The summed E-state index contributed by atoms with van der Waals surface area (Å²) in [5.74, 6) is -0.0710. The van der Waals surface area contributed by atoms with Gasteiger partial charge >= 0.3 is 5.69 Å². The van der Waals surface area contributed by atoms with Crippen LogP contribution >= 0.6 is 0 Å². The molecule has 0 spiro atoms. The lowest BCUT2D eigenvalue weighted by Gasteiger charge is -2.20. The number of hydrogen-bond acceptors (Lipinski definition) is 5. The van der Waals surface area contributed by atoms with Gasteiger partial charge in [-0.25, -0.2) is 9.78 Å². The molecule has 1 aliphatic heterocycles. The Balaban J connectivity index is 2.02. The van der Waals surface area contributed by atoms with Gasteiger partial charge in [0.1, 0.15) is 5.65 Å². The SMILES string of the molecule is CN(C)S(=O)(=O)N1CC[C@@H](c2ccc3c(=O)n(C)c(=O)n(C)c3n2)C1. The maximum atomic E-state index is 12.2. The predicted octanol–water partition coefficient (Wildman–Crippen LogP) is -0.772. The zero-order chi connectivity index (χ0) is 18.5. The second-order valence-corrected chi connectivity index (χ2v) is 8.59. The van der Waals surface area contributed by atoms with Crippen molar-refractivity contribution >= 4 is 21.2 Å². The Bertz CT molecular complexity index is 1050. The maximum Gasteiger partial charge on any atom is 0.332 e. The van der Waals surface area contributed by atoms with Crippen LogP contribution < -0.4 is 11.2 Å². The molecule has 0 N–H and O–H groups in total. The molecule has 0 aromatic carbocycles. The fourth-order valence-corrected chi connectivity index (χ4v) is 4.27. The molecule has 2 aromatic heterocycles. The van der Waals surface area contributed by atoms with E-state index >= 15 is 0 Å². The van der Waals surface area contributed by atoms with Gasteiger partial charge in [-0.2, -0.15) is 17.0 Å². The molecule has 136 valence electrons. The highest BCUT2D eigenvalue weighted by atomic mass is 32.2. The Morgan fingerprint density at radius 1 is 1.16 bits per heavy atom. The molecule has 1 aliphatic rings. The minimum absolute atomic E-state index is 0.0710. The molecule has 10 heteroatoms. The van der Waals surface area contributed by atoms with E-state index in [1.165, 1.54) is 34.3 Å². The Morgan fingerprint density at radius 2 is 1.84 bits per heavy atom. The monoisotopic (exact) mass is 367 g/mol. The maximum absolute atomic E-state index is 12.2. The first-order chi connectivity index (χ1) is 11.6. The van der Waals surface area contributed by atoms with E-state index in [0.717, 1.165) is 4.57 Å². The van der Waals surface area contributed by atoms with Crippen molar-refractivity contribution in [1.82, 2.24) is 22.7 Å². The van der Waals surface area contributed by atoms with Gasteiger partial charge in [-0.3, -0.25) is 13.9 Å². The molecule has 0 amide bonds. The number of nitrogens with zero attached hydrogens (tertiary/aromatic N) is 5. The summed E-state index contributed by atoms with van der Waals surface area (Å²) in [5, 5.41) is 0.365. The standard InChI is InChI=1S/C15H21N5O4S/c1-17(2)25(23,24)20-8-7-10(9-20)12-6-5-11-13(16-12)18(3)15(22)19(4)14(11)21/h5-6,10H,7-9H2,1-4H3/t10-/m1/s1. The van der Waals surface area contributed by atoms with Gasteiger partial charge < -0.3 is 0 Å². The summed E-state index contributed by atoms with van der Waals surface area (Å²) in [6.07, 6.45) is 0.643. The van der Waals surface area contributed by atoms with Crippen molar-refractivity contribution in [2.75, 3.05) is 27.2 Å². The first-order valence-corrected chi connectivity index (χ1v) is 9.28. The molecule has 9 nitrogen and oxygen atoms in total. The number of rotatable bonds is 3. The van der Waals surface area contributed by atoms with Crippen LogP contribution in [0.3, 0.4) is 0 Å². The first-order valence-electron chi connectivity index (χ1n) is 7.89. The quantitative estimate of drug-likeness (QED) is 0.709. The number of aryl methyl sites for hydroxylation is 1. The minimum Gasteiger partial charge on any atom is -0.280 e. The van der Waals surface area contributed by atoms with Crippen LogP contribution in [0.4, 0.5) is 0 Å². The molecule has 0 radical (unpaired) electrons. The molecular weight excluding hydrogens is 346 g/mol. The molecule has 1 atom stereocenters. The smallest absolute Gasteiger partial charge is 0.280 e. The van der Waals surface area contributed by atoms with Crippen molar-refractivity contribution in [1.29, 1.82) is 0 Å². The summed E-state index contributed by atoms with van der Waals surface area (Å²) < 4.78 is 29.5. The van der Waals surface area contributed by atoms with Crippen LogP contribution in [0.1, 0.15) is 18.0 Å². The molecule has 0 unspecified atom stereocenters. The highest BCUT2D eigenvalue weighted by Crippen LogP contribution is 2.28. The van der Waals surface area contributed by atoms with E-state index in [0.29, 0.717) is 36.2 Å². The van der Waals surface area contributed by atoms with E-state index in [1.54, 1.807) is 19.2 Å². The third kappa shape index (κ3) is 2.79. The molecule has 3 rings (SSSR count). The molecule has 0 saturated carbocycles. The topological polar surface area (TPSA) is 97.5 Å². The van der Waals surface area contributed by atoms with Gasteiger partial charge in [0, 0.05) is 52.9 Å². The van der Waals surface area contributed by atoms with Crippen LogP contribution in [-0.4, -0.2) is 58.3 Å². The van der Waals surface area contributed by atoms with E-state index in [-0.39, 0.29) is 11.5 Å². The fraction of sp³-hybridized carbons (Fsp3) is 0.533. The van der Waals surface area contributed by atoms with Crippen LogP contribution in [-0.2, 0) is 24.3 Å². The Labute approximate surface area is 145 Å². The van der Waals surface area contributed by atoms with E-state index in [1.807, 2.05) is 0 Å². The summed E-state index contributed by atoms with van der Waals surface area (Å²) in [6.45, 7) is 0.748. The van der Waals surface area contributed by atoms with Crippen molar-refractivity contribution in [2.24, 2.45) is 14.1 Å². The van der Waals surface area contributed by atoms with Gasteiger partial charge in [-0.15, -0.1) is 0 Å². The molecular formula is C15H21N5O4S. The van der Waals surface area contributed by atoms with E-state index in [4.69, 9.17) is 0 Å². The van der Waals surface area contributed by atoms with E-state index in [9.17, 15) is 18.0 Å².